The molecule has 0 saturated heterocycles. The predicted octanol–water partition coefficient (Wildman–Crippen LogP) is 4.40. The lowest BCUT2D eigenvalue weighted by molar-refractivity contribution is 0.0986. The second kappa shape index (κ2) is 7.55. The number of hydrogen-bond donors (Lipinski definition) is 0. The zero-order valence-corrected chi connectivity index (χ0v) is 19.6. The molecule has 0 fully saturated rings. The zero-order valence-electron chi connectivity index (χ0n) is 18.8. The number of hydrogen-bond acceptors (Lipinski definition) is 7. The molecule has 0 unspecified atom stereocenters. The molecule has 0 aliphatic carbocycles. The fourth-order valence-electron chi connectivity index (χ4n) is 4.45. The maximum absolute atomic E-state index is 13.9. The van der Waals surface area contributed by atoms with Crippen molar-refractivity contribution in [3.63, 3.8) is 0 Å². The lowest BCUT2D eigenvalue weighted by Crippen LogP contribution is -2.35. The van der Waals surface area contributed by atoms with E-state index >= 15 is 0 Å². The number of sulfone groups is 1. The van der Waals surface area contributed by atoms with Crippen molar-refractivity contribution in [1.29, 1.82) is 0 Å². The molecular formula is C24H23N3O5S. The van der Waals surface area contributed by atoms with Crippen LogP contribution in [0.3, 0.4) is 0 Å². The smallest absolute Gasteiger partial charge is 0.259 e. The largest absolute Gasteiger partial charge is 0.466 e. The molecule has 1 aliphatic rings. The van der Waals surface area contributed by atoms with Crippen LogP contribution < -0.4 is 4.90 Å². The van der Waals surface area contributed by atoms with Crippen molar-refractivity contribution in [2.45, 2.75) is 38.5 Å². The molecule has 0 saturated carbocycles. The topological polar surface area (TPSA) is 107 Å². The van der Waals surface area contributed by atoms with Crippen molar-refractivity contribution in [2.75, 3.05) is 17.7 Å². The van der Waals surface area contributed by atoms with E-state index in [-0.39, 0.29) is 16.5 Å². The van der Waals surface area contributed by atoms with Crippen LogP contribution in [-0.2, 0) is 16.3 Å². The van der Waals surface area contributed by atoms with Gasteiger partial charge in [0.25, 0.3) is 11.6 Å². The van der Waals surface area contributed by atoms with E-state index in [0.717, 1.165) is 29.0 Å². The van der Waals surface area contributed by atoms with Gasteiger partial charge in [0.05, 0.1) is 27.2 Å². The summed E-state index contributed by atoms with van der Waals surface area (Å²) in [6.07, 6.45) is 2.62. The number of amides is 1. The first-order chi connectivity index (χ1) is 15.6. The summed E-state index contributed by atoms with van der Waals surface area (Å²) in [5.74, 6) is 1.24. The van der Waals surface area contributed by atoms with Crippen LogP contribution in [0.2, 0.25) is 0 Å². The Bertz CT molecular complexity index is 1530. The van der Waals surface area contributed by atoms with E-state index in [1.165, 1.54) is 6.26 Å². The van der Waals surface area contributed by atoms with Gasteiger partial charge < -0.3 is 13.8 Å². The highest BCUT2D eigenvalue weighted by molar-refractivity contribution is 7.90. The first-order valence-corrected chi connectivity index (χ1v) is 12.5. The van der Waals surface area contributed by atoms with Crippen LogP contribution in [-0.4, -0.2) is 37.3 Å². The quantitative estimate of drug-likeness (QED) is 0.441. The van der Waals surface area contributed by atoms with Crippen molar-refractivity contribution >= 4 is 32.5 Å². The van der Waals surface area contributed by atoms with Crippen LogP contribution >= 0.6 is 0 Å². The summed E-state index contributed by atoms with van der Waals surface area (Å²) in [6.45, 7) is 6.01. The Labute approximate surface area is 191 Å². The number of benzene rings is 1. The fourth-order valence-corrected chi connectivity index (χ4v) is 5.12. The third-order valence-electron chi connectivity index (χ3n) is 6.01. The summed E-state index contributed by atoms with van der Waals surface area (Å²) in [5, 5.41) is 4.60. The molecule has 4 heterocycles. The van der Waals surface area contributed by atoms with Gasteiger partial charge in [-0.05, 0) is 69.5 Å². The van der Waals surface area contributed by atoms with Gasteiger partial charge in [0.1, 0.15) is 11.5 Å². The highest BCUT2D eigenvalue weighted by atomic mass is 32.2. The molecule has 170 valence electrons. The van der Waals surface area contributed by atoms with E-state index in [4.69, 9.17) is 8.94 Å². The third kappa shape index (κ3) is 3.62. The van der Waals surface area contributed by atoms with E-state index in [1.807, 2.05) is 19.9 Å². The molecule has 1 amide bonds. The number of furan rings is 1. The van der Waals surface area contributed by atoms with E-state index < -0.39 is 9.84 Å². The monoisotopic (exact) mass is 465 g/mol. The van der Waals surface area contributed by atoms with Gasteiger partial charge in [-0.3, -0.25) is 4.79 Å². The van der Waals surface area contributed by atoms with Gasteiger partial charge in [0, 0.05) is 24.1 Å². The Hall–Kier alpha value is -3.46. The van der Waals surface area contributed by atoms with Gasteiger partial charge in [-0.1, -0.05) is 5.16 Å². The average molecular weight is 466 g/mol. The number of carbonyl (C=O) groups excluding carboxylic acids is 1. The van der Waals surface area contributed by atoms with Crippen molar-refractivity contribution in [3.05, 3.63) is 58.7 Å². The molecule has 0 N–H and O–H groups in total. The first-order valence-electron chi connectivity index (χ1n) is 10.6. The lowest BCUT2D eigenvalue weighted by Gasteiger charge is -2.30. The van der Waals surface area contributed by atoms with Crippen molar-refractivity contribution in [1.82, 2.24) is 10.1 Å². The number of fused-ring (bicyclic) bond motifs is 2. The first kappa shape index (κ1) is 21.4. The van der Waals surface area contributed by atoms with Crippen LogP contribution in [0, 0.1) is 20.8 Å². The van der Waals surface area contributed by atoms with Gasteiger partial charge in [0.15, 0.2) is 9.84 Å². The zero-order chi connectivity index (χ0) is 23.5. The number of aromatic nitrogens is 2. The standard InChI is InChI=1S/C24H23N3O5S/c1-13-10-18(15(3)31-13)20-12-19(22-14(2)26-32-23(22)25-20)24(28)27-9-5-6-16-11-17(33(4,29)30)7-8-21(16)27/h7-8,10-12H,5-6,9H2,1-4H3. The van der Waals surface area contributed by atoms with Gasteiger partial charge >= 0.3 is 0 Å². The van der Waals surface area contributed by atoms with Crippen LogP contribution in [0.1, 0.15) is 39.6 Å². The minimum atomic E-state index is -3.33. The highest BCUT2D eigenvalue weighted by Gasteiger charge is 2.29. The molecule has 8 nitrogen and oxygen atoms in total. The Morgan fingerprint density at radius 1 is 1.12 bits per heavy atom. The average Bonchev–Trinajstić information content (AvgIpc) is 3.32. The summed E-state index contributed by atoms with van der Waals surface area (Å²) in [5.41, 5.74) is 4.22. The number of nitrogens with zero attached hydrogens (tertiary/aromatic N) is 3. The number of rotatable bonds is 3. The van der Waals surface area contributed by atoms with Crippen LogP contribution in [0.25, 0.3) is 22.4 Å². The van der Waals surface area contributed by atoms with E-state index in [1.54, 1.807) is 36.1 Å². The van der Waals surface area contributed by atoms with E-state index in [2.05, 4.69) is 10.1 Å². The van der Waals surface area contributed by atoms with Crippen LogP contribution in [0.5, 0.6) is 0 Å². The molecule has 0 atom stereocenters. The van der Waals surface area contributed by atoms with Crippen LogP contribution in [0.4, 0.5) is 5.69 Å². The Morgan fingerprint density at radius 2 is 1.91 bits per heavy atom. The Balaban J connectivity index is 1.65. The lowest BCUT2D eigenvalue weighted by atomic mass is 9.99. The SMILES string of the molecule is Cc1cc(-c2cc(C(=O)N3CCCc4cc(S(C)(=O)=O)ccc43)c3c(C)noc3n2)c(C)o1. The molecule has 33 heavy (non-hydrogen) atoms. The number of carbonyl (C=O) groups is 1. The third-order valence-corrected chi connectivity index (χ3v) is 7.12. The molecule has 0 spiro atoms. The fraction of sp³-hybridized carbons (Fsp3) is 0.292. The molecule has 4 aromatic rings. The van der Waals surface area contributed by atoms with Gasteiger partial charge in [-0.15, -0.1) is 0 Å². The second-order valence-electron chi connectivity index (χ2n) is 8.45. The normalized spacial score (nSPS) is 14.0. The Kier molecular flexibility index (Phi) is 4.89. The minimum absolute atomic E-state index is 0.208. The molecule has 3 aromatic heterocycles. The van der Waals surface area contributed by atoms with Crippen molar-refractivity contribution in [3.8, 4) is 11.3 Å². The number of pyridine rings is 1. The van der Waals surface area contributed by atoms with Crippen molar-refractivity contribution < 1.29 is 22.2 Å². The summed E-state index contributed by atoms with van der Waals surface area (Å²) in [4.78, 5) is 20.4. The van der Waals surface area contributed by atoms with Crippen LogP contribution in [0.15, 0.2) is 44.2 Å². The summed E-state index contributed by atoms with van der Waals surface area (Å²) < 4.78 is 35.1. The highest BCUT2D eigenvalue weighted by Crippen LogP contribution is 2.34. The predicted molar refractivity (Wildman–Crippen MR) is 123 cm³/mol. The minimum Gasteiger partial charge on any atom is -0.466 e. The number of aryl methyl sites for hydroxylation is 4. The summed E-state index contributed by atoms with van der Waals surface area (Å²) >= 11 is 0. The molecule has 9 heteroatoms. The summed E-state index contributed by atoms with van der Waals surface area (Å²) in [7, 11) is -3.33. The van der Waals surface area contributed by atoms with E-state index in [9.17, 15) is 13.2 Å². The molecular weight excluding hydrogens is 442 g/mol. The van der Waals surface area contributed by atoms with E-state index in [0.29, 0.717) is 41.1 Å². The van der Waals surface area contributed by atoms with Gasteiger partial charge in [-0.2, -0.15) is 0 Å². The van der Waals surface area contributed by atoms with Gasteiger partial charge in [-0.25, -0.2) is 13.4 Å². The molecule has 1 aliphatic heterocycles. The maximum atomic E-state index is 13.9. The molecule has 0 radical (unpaired) electrons. The second-order valence-corrected chi connectivity index (χ2v) is 10.5. The van der Waals surface area contributed by atoms with Gasteiger partial charge in [0.2, 0.25) is 0 Å². The molecule has 0 bridgehead atoms. The maximum Gasteiger partial charge on any atom is 0.259 e. The molecule has 1 aromatic carbocycles. The van der Waals surface area contributed by atoms with Crippen molar-refractivity contribution in [2.24, 2.45) is 0 Å². The molecule has 5 rings (SSSR count). The number of anilines is 1. The Morgan fingerprint density at radius 3 is 2.61 bits per heavy atom. The summed E-state index contributed by atoms with van der Waals surface area (Å²) in [6, 6.07) is 8.57.